The lowest BCUT2D eigenvalue weighted by Gasteiger charge is -2.35. The van der Waals surface area contributed by atoms with Crippen molar-refractivity contribution in [3.05, 3.63) is 12.3 Å². The van der Waals surface area contributed by atoms with Crippen LogP contribution in [-0.2, 0) is 9.53 Å². The second kappa shape index (κ2) is 7.85. The Morgan fingerprint density at radius 1 is 1.39 bits per heavy atom. The molecule has 0 radical (unpaired) electrons. The van der Waals surface area contributed by atoms with Crippen molar-refractivity contribution in [3.8, 4) is 5.88 Å². The molecular weight excluding hydrogens is 358 g/mol. The van der Waals surface area contributed by atoms with Crippen molar-refractivity contribution in [2.24, 2.45) is 23.2 Å². The monoisotopic (exact) mass is 389 g/mol. The topological polar surface area (TPSA) is 84.8 Å². The molecule has 3 fully saturated rings. The Morgan fingerprint density at radius 3 is 2.89 bits per heavy atom. The third-order valence-corrected chi connectivity index (χ3v) is 6.92. The number of ether oxygens (including phenoxy) is 2. The van der Waals surface area contributed by atoms with Crippen molar-refractivity contribution < 1.29 is 19.4 Å². The highest BCUT2D eigenvalue weighted by Gasteiger charge is 2.60. The second-order valence-corrected chi connectivity index (χ2v) is 9.08. The van der Waals surface area contributed by atoms with Crippen LogP contribution in [-0.4, -0.2) is 53.7 Å². The predicted octanol–water partition coefficient (Wildman–Crippen LogP) is 3.00. The summed E-state index contributed by atoms with van der Waals surface area (Å²) in [7, 11) is 0. The summed E-state index contributed by atoms with van der Waals surface area (Å²) in [6, 6.07) is 1.95. The van der Waals surface area contributed by atoms with Crippen molar-refractivity contribution in [1.29, 1.82) is 0 Å². The minimum atomic E-state index is -0.725. The zero-order chi connectivity index (χ0) is 19.7. The zero-order valence-corrected chi connectivity index (χ0v) is 16.8. The van der Waals surface area contributed by atoms with E-state index in [0.717, 1.165) is 18.2 Å². The van der Waals surface area contributed by atoms with Crippen LogP contribution in [0.4, 0.5) is 5.69 Å². The average molecular weight is 389 g/mol. The molecule has 28 heavy (non-hydrogen) atoms. The van der Waals surface area contributed by atoms with Gasteiger partial charge in [-0.05, 0) is 38.0 Å². The quantitative estimate of drug-likeness (QED) is 0.800. The average Bonchev–Trinajstić information content (AvgIpc) is 3.41. The van der Waals surface area contributed by atoms with Gasteiger partial charge in [0.15, 0.2) is 0 Å². The number of nitrogens with zero attached hydrogens (tertiary/aromatic N) is 3. The maximum absolute atomic E-state index is 11.4. The van der Waals surface area contributed by atoms with Gasteiger partial charge >= 0.3 is 5.97 Å². The standard InChI is InChI=1S/C21H31N3O4/c1-14-3-5-15(6-4-14)13-28-19-9-16(11-22-23-19)24-7-8-27-18(12-24)17-10-21(17,2)20(25)26/h9,11,14-15,17-18H,3-8,10,12-13H2,1-2H3,(H,25,26)/t14-,15-,17?,18-,21?/m1/s1. The van der Waals surface area contributed by atoms with Crippen LogP contribution < -0.4 is 9.64 Å². The highest BCUT2D eigenvalue weighted by molar-refractivity contribution is 5.78. The summed E-state index contributed by atoms with van der Waals surface area (Å²) >= 11 is 0. The van der Waals surface area contributed by atoms with Gasteiger partial charge in [-0.15, -0.1) is 5.10 Å². The Balaban J connectivity index is 1.34. The third-order valence-electron chi connectivity index (χ3n) is 6.92. The van der Waals surface area contributed by atoms with Crippen LogP contribution in [0, 0.1) is 23.2 Å². The van der Waals surface area contributed by atoms with Crippen LogP contribution in [0.2, 0.25) is 0 Å². The molecule has 2 saturated carbocycles. The highest BCUT2D eigenvalue weighted by Crippen LogP contribution is 2.55. The molecule has 1 N–H and O–H groups in total. The molecule has 3 atom stereocenters. The van der Waals surface area contributed by atoms with Crippen molar-refractivity contribution >= 4 is 11.7 Å². The Morgan fingerprint density at radius 2 is 2.18 bits per heavy atom. The van der Waals surface area contributed by atoms with Gasteiger partial charge in [0.25, 0.3) is 0 Å². The lowest BCUT2D eigenvalue weighted by molar-refractivity contribution is -0.144. The van der Waals surface area contributed by atoms with E-state index in [2.05, 4.69) is 22.0 Å². The summed E-state index contributed by atoms with van der Waals surface area (Å²) in [5.41, 5.74) is 0.323. The van der Waals surface area contributed by atoms with Crippen LogP contribution in [0.25, 0.3) is 0 Å². The normalized spacial score (nSPS) is 35.4. The first-order valence-electron chi connectivity index (χ1n) is 10.5. The van der Waals surface area contributed by atoms with E-state index in [1.54, 1.807) is 6.20 Å². The molecule has 0 aromatic carbocycles. The van der Waals surface area contributed by atoms with Gasteiger partial charge in [-0.2, -0.15) is 5.10 Å². The number of hydrogen-bond donors (Lipinski definition) is 1. The van der Waals surface area contributed by atoms with Crippen LogP contribution in [0.1, 0.15) is 46.0 Å². The Bertz CT molecular complexity index is 707. The summed E-state index contributed by atoms with van der Waals surface area (Å²) in [5, 5.41) is 17.7. The Labute approximate surface area is 166 Å². The maximum atomic E-state index is 11.4. The summed E-state index contributed by atoms with van der Waals surface area (Å²) < 4.78 is 11.8. The fraction of sp³-hybridized carbons (Fsp3) is 0.762. The molecule has 1 aromatic rings. The number of morpholine rings is 1. The number of aromatic nitrogens is 2. The minimum absolute atomic E-state index is 0.0587. The fourth-order valence-corrected chi connectivity index (χ4v) is 4.62. The smallest absolute Gasteiger partial charge is 0.309 e. The van der Waals surface area contributed by atoms with Gasteiger partial charge in [0, 0.05) is 25.1 Å². The first kappa shape index (κ1) is 19.4. The van der Waals surface area contributed by atoms with Gasteiger partial charge in [-0.25, -0.2) is 0 Å². The molecule has 2 aliphatic carbocycles. The van der Waals surface area contributed by atoms with Gasteiger partial charge in [-0.3, -0.25) is 4.79 Å². The molecule has 1 saturated heterocycles. The van der Waals surface area contributed by atoms with Gasteiger partial charge < -0.3 is 19.5 Å². The minimum Gasteiger partial charge on any atom is -0.481 e. The highest BCUT2D eigenvalue weighted by atomic mass is 16.5. The van der Waals surface area contributed by atoms with Crippen molar-refractivity contribution in [2.45, 2.75) is 52.1 Å². The molecule has 0 bridgehead atoms. The third kappa shape index (κ3) is 4.09. The SMILES string of the molecule is CC1(C(=O)O)CC1[C@H]1CN(c2cnnc(OC[C@H]3CC[C@H](C)CC3)c2)CCO1. The molecule has 2 heterocycles. The Kier molecular flexibility index (Phi) is 5.45. The van der Waals surface area contributed by atoms with Gasteiger partial charge in [-0.1, -0.05) is 19.8 Å². The number of hydrogen-bond acceptors (Lipinski definition) is 6. The summed E-state index contributed by atoms with van der Waals surface area (Å²) in [4.78, 5) is 13.7. The molecule has 1 aliphatic heterocycles. The number of carboxylic acids is 1. The van der Waals surface area contributed by atoms with Gasteiger partial charge in [0.05, 0.1) is 36.6 Å². The van der Waals surface area contributed by atoms with Crippen LogP contribution in [0.5, 0.6) is 5.88 Å². The zero-order valence-electron chi connectivity index (χ0n) is 16.8. The number of anilines is 1. The van der Waals surface area contributed by atoms with Crippen molar-refractivity contribution in [2.75, 3.05) is 31.2 Å². The van der Waals surface area contributed by atoms with Gasteiger partial charge in [0.1, 0.15) is 0 Å². The number of aliphatic carboxylic acids is 1. The molecule has 7 heteroatoms. The van der Waals surface area contributed by atoms with E-state index in [0.29, 0.717) is 38.0 Å². The van der Waals surface area contributed by atoms with E-state index in [-0.39, 0.29) is 12.0 Å². The lowest BCUT2D eigenvalue weighted by Crippen LogP contribution is -2.44. The van der Waals surface area contributed by atoms with Crippen LogP contribution in [0.15, 0.2) is 12.3 Å². The first-order valence-corrected chi connectivity index (χ1v) is 10.5. The molecule has 4 rings (SSSR count). The number of carbonyl (C=O) groups is 1. The molecule has 0 spiro atoms. The molecule has 2 unspecified atom stereocenters. The van der Waals surface area contributed by atoms with Crippen LogP contribution in [0.3, 0.4) is 0 Å². The molecule has 0 amide bonds. The van der Waals surface area contributed by atoms with Crippen LogP contribution >= 0.6 is 0 Å². The predicted molar refractivity (Wildman–Crippen MR) is 104 cm³/mol. The largest absolute Gasteiger partial charge is 0.481 e. The molecule has 3 aliphatic rings. The van der Waals surface area contributed by atoms with E-state index in [9.17, 15) is 9.90 Å². The molecule has 1 aromatic heterocycles. The summed E-state index contributed by atoms with van der Waals surface area (Å²) in [6.07, 6.45) is 7.39. The number of carboxylic acid groups (broad SMARTS) is 1. The number of rotatable bonds is 6. The molecule has 154 valence electrons. The van der Waals surface area contributed by atoms with Crippen molar-refractivity contribution in [3.63, 3.8) is 0 Å². The van der Waals surface area contributed by atoms with E-state index in [4.69, 9.17) is 9.47 Å². The summed E-state index contributed by atoms with van der Waals surface area (Å²) in [5.74, 6) is 1.37. The Hall–Kier alpha value is -1.89. The van der Waals surface area contributed by atoms with E-state index in [1.165, 1.54) is 25.7 Å². The van der Waals surface area contributed by atoms with E-state index >= 15 is 0 Å². The van der Waals surface area contributed by atoms with E-state index in [1.807, 2.05) is 13.0 Å². The lowest BCUT2D eigenvalue weighted by atomic mass is 9.83. The maximum Gasteiger partial charge on any atom is 0.309 e. The fourth-order valence-electron chi connectivity index (χ4n) is 4.62. The first-order chi connectivity index (χ1) is 13.5. The molecular formula is C21H31N3O4. The van der Waals surface area contributed by atoms with Crippen molar-refractivity contribution in [1.82, 2.24) is 10.2 Å². The van der Waals surface area contributed by atoms with Gasteiger partial charge in [0.2, 0.25) is 5.88 Å². The van der Waals surface area contributed by atoms with E-state index < -0.39 is 11.4 Å². The second-order valence-electron chi connectivity index (χ2n) is 9.08. The summed E-state index contributed by atoms with van der Waals surface area (Å²) in [6.45, 7) is 6.87. The molecule has 7 nitrogen and oxygen atoms in total.